The van der Waals surface area contributed by atoms with Crippen LogP contribution in [0.2, 0.25) is 0 Å². The number of primary amides is 1. The Balaban J connectivity index is 1.58. The molecule has 0 aliphatic carbocycles. The fraction of sp³-hybridized carbons (Fsp3) is 0.378. The lowest BCUT2D eigenvalue weighted by Gasteiger charge is -2.24. The number of guanidine groups is 1. The fourth-order valence-electron chi connectivity index (χ4n) is 5.57. The van der Waals surface area contributed by atoms with E-state index in [9.17, 15) is 19.2 Å². The first-order valence-corrected chi connectivity index (χ1v) is 17.7. The molecule has 286 valence electrons. The van der Waals surface area contributed by atoms with Crippen molar-refractivity contribution in [1.29, 1.82) is 0 Å². The van der Waals surface area contributed by atoms with E-state index in [4.69, 9.17) is 22.9 Å². The Bertz CT molecular complexity index is 1560. The molecule has 3 aromatic rings. The van der Waals surface area contributed by atoms with Gasteiger partial charge in [-0.2, -0.15) is 0 Å². The van der Waals surface area contributed by atoms with Gasteiger partial charge in [0.15, 0.2) is 5.96 Å². The Kier molecular flexibility index (Phi) is 18.3. The summed E-state index contributed by atoms with van der Waals surface area (Å²) in [6.45, 7) is 0.923. The number of carbonyl (C=O) groups excluding carboxylic acids is 4. The lowest BCUT2D eigenvalue weighted by atomic mass is 10.1. The standard InChI is InChI=1S/C37H54N12O4/c38-22-30(19-26-11-4-1-5-12-26)48-36(52)45-25-32(21-28-15-8-3-9-16-28)49-37(53)43-23-29(17-10-18-42-33(39)40)47-35(51)44-24-31(46-34(41)50)20-27-13-6-2-7-14-27/h1-9,11-16,29-32H,10,17-25,38H2,(H4,39,40,42)(H3,41,46,50)(H2,43,49,53)(H2,44,47,51)(H2,45,48,52)/t29?,30?,31?,32-/m0/s1. The molecule has 3 rings (SSSR count). The Morgan fingerprint density at radius 1 is 0.528 bits per heavy atom. The molecular weight excluding hydrogens is 676 g/mol. The molecule has 8 amide bonds. The van der Waals surface area contributed by atoms with Crippen LogP contribution < -0.4 is 60.2 Å². The SMILES string of the molecule is NCC(Cc1ccccc1)NC(=O)NC[C@H](Cc1ccccc1)NC(=O)NCC(CCCN=C(N)N)NC(=O)NCC(Cc1ccccc1)NC(N)=O. The van der Waals surface area contributed by atoms with Gasteiger partial charge in [-0.3, -0.25) is 4.99 Å². The summed E-state index contributed by atoms with van der Waals surface area (Å²) in [5.41, 5.74) is 25.2. The van der Waals surface area contributed by atoms with Gasteiger partial charge in [-0.1, -0.05) is 91.0 Å². The summed E-state index contributed by atoms with van der Waals surface area (Å²) in [6, 6.07) is 25.0. The van der Waals surface area contributed by atoms with Crippen LogP contribution in [0.4, 0.5) is 19.2 Å². The third-order valence-corrected chi connectivity index (χ3v) is 8.14. The maximum Gasteiger partial charge on any atom is 0.315 e. The minimum absolute atomic E-state index is 0.0438. The predicted molar refractivity (Wildman–Crippen MR) is 207 cm³/mol. The van der Waals surface area contributed by atoms with Crippen LogP contribution in [-0.4, -0.2) is 87.0 Å². The average molecular weight is 731 g/mol. The van der Waals surface area contributed by atoms with Crippen molar-refractivity contribution in [1.82, 2.24) is 37.2 Å². The first kappa shape index (κ1) is 41.4. The normalized spacial score (nSPS) is 12.8. The summed E-state index contributed by atoms with van der Waals surface area (Å²) in [5, 5.41) is 19.9. The lowest BCUT2D eigenvalue weighted by molar-refractivity contribution is 0.226. The van der Waals surface area contributed by atoms with Crippen molar-refractivity contribution in [3.8, 4) is 0 Å². The molecule has 0 aromatic heterocycles. The van der Waals surface area contributed by atoms with Crippen LogP contribution in [0.1, 0.15) is 29.5 Å². The van der Waals surface area contributed by atoms with Gasteiger partial charge in [0, 0.05) is 44.8 Å². The number of hydrogen-bond acceptors (Lipinski definition) is 6. The van der Waals surface area contributed by atoms with Gasteiger partial charge in [-0.15, -0.1) is 0 Å². The number of nitrogens with two attached hydrogens (primary N) is 4. The third-order valence-electron chi connectivity index (χ3n) is 8.14. The van der Waals surface area contributed by atoms with Crippen LogP contribution in [0, 0.1) is 0 Å². The number of hydrogen-bond donors (Lipinski definition) is 11. The second-order valence-corrected chi connectivity index (χ2v) is 12.6. The van der Waals surface area contributed by atoms with Crippen LogP contribution in [0.25, 0.3) is 0 Å². The zero-order valence-electron chi connectivity index (χ0n) is 29.9. The zero-order valence-corrected chi connectivity index (χ0v) is 29.9. The summed E-state index contributed by atoms with van der Waals surface area (Å²) in [5.74, 6) is -0.0438. The number of carbonyl (C=O) groups is 4. The van der Waals surface area contributed by atoms with Crippen molar-refractivity contribution >= 4 is 30.1 Å². The molecule has 53 heavy (non-hydrogen) atoms. The van der Waals surface area contributed by atoms with Gasteiger partial charge in [-0.05, 0) is 48.8 Å². The number of aliphatic imine (C=N–C) groups is 1. The Morgan fingerprint density at radius 2 is 0.906 bits per heavy atom. The van der Waals surface area contributed by atoms with E-state index in [1.165, 1.54) is 0 Å². The van der Waals surface area contributed by atoms with E-state index in [0.717, 1.165) is 16.7 Å². The van der Waals surface area contributed by atoms with Gasteiger partial charge < -0.3 is 60.2 Å². The van der Waals surface area contributed by atoms with E-state index in [1.54, 1.807) is 0 Å². The molecule has 16 nitrogen and oxygen atoms in total. The van der Waals surface area contributed by atoms with Crippen molar-refractivity contribution < 1.29 is 19.2 Å². The van der Waals surface area contributed by atoms with Crippen LogP contribution in [0.3, 0.4) is 0 Å². The number of amides is 8. The molecular formula is C37H54N12O4. The highest BCUT2D eigenvalue weighted by atomic mass is 16.2. The lowest BCUT2D eigenvalue weighted by Crippen LogP contribution is -2.54. The second kappa shape index (κ2) is 23.4. The number of rotatable bonds is 21. The van der Waals surface area contributed by atoms with Crippen molar-refractivity contribution in [2.75, 3.05) is 32.7 Å². The van der Waals surface area contributed by atoms with E-state index < -0.39 is 42.2 Å². The van der Waals surface area contributed by atoms with Gasteiger partial charge in [0.1, 0.15) is 0 Å². The highest BCUT2D eigenvalue weighted by Crippen LogP contribution is 2.06. The van der Waals surface area contributed by atoms with Gasteiger partial charge in [0.25, 0.3) is 0 Å². The topological polar surface area (TPSA) is 269 Å². The van der Waals surface area contributed by atoms with Crippen LogP contribution in [-0.2, 0) is 19.3 Å². The minimum atomic E-state index is -0.704. The molecule has 0 aliphatic rings. The zero-order chi connectivity index (χ0) is 38.3. The fourth-order valence-corrected chi connectivity index (χ4v) is 5.57. The first-order chi connectivity index (χ1) is 25.6. The summed E-state index contributed by atoms with van der Waals surface area (Å²) in [4.78, 5) is 54.7. The van der Waals surface area contributed by atoms with Crippen molar-refractivity contribution in [3.05, 3.63) is 108 Å². The quantitative estimate of drug-likeness (QED) is 0.0425. The van der Waals surface area contributed by atoms with E-state index in [-0.39, 0.29) is 38.2 Å². The van der Waals surface area contributed by atoms with Gasteiger partial charge in [0.05, 0.1) is 12.1 Å². The van der Waals surface area contributed by atoms with Gasteiger partial charge >= 0.3 is 24.1 Å². The first-order valence-electron chi connectivity index (χ1n) is 17.7. The highest BCUT2D eigenvalue weighted by molar-refractivity contribution is 5.77. The van der Waals surface area contributed by atoms with Crippen LogP contribution in [0.5, 0.6) is 0 Å². The van der Waals surface area contributed by atoms with E-state index in [2.05, 4.69) is 42.2 Å². The highest BCUT2D eigenvalue weighted by Gasteiger charge is 2.19. The van der Waals surface area contributed by atoms with Gasteiger partial charge in [-0.25, -0.2) is 19.2 Å². The molecule has 0 aliphatic heterocycles. The van der Waals surface area contributed by atoms with Crippen molar-refractivity contribution in [3.63, 3.8) is 0 Å². The molecule has 0 saturated carbocycles. The number of nitrogens with one attached hydrogen (secondary N) is 7. The molecule has 0 saturated heterocycles. The Labute approximate surface area is 310 Å². The summed E-state index contributed by atoms with van der Waals surface area (Å²) in [6.07, 6.45) is 2.45. The summed E-state index contributed by atoms with van der Waals surface area (Å²) in [7, 11) is 0. The monoisotopic (exact) mass is 730 g/mol. The molecule has 0 fully saturated rings. The molecule has 0 heterocycles. The largest absolute Gasteiger partial charge is 0.370 e. The van der Waals surface area contributed by atoms with Crippen LogP contribution >= 0.6 is 0 Å². The number of nitrogens with zero attached hydrogens (tertiary/aromatic N) is 1. The minimum Gasteiger partial charge on any atom is -0.370 e. The van der Waals surface area contributed by atoms with Crippen LogP contribution in [0.15, 0.2) is 96.0 Å². The molecule has 16 heteroatoms. The summed E-state index contributed by atoms with van der Waals surface area (Å²) < 4.78 is 0. The van der Waals surface area contributed by atoms with E-state index >= 15 is 0 Å². The smallest absolute Gasteiger partial charge is 0.315 e. The van der Waals surface area contributed by atoms with E-state index in [0.29, 0.717) is 38.6 Å². The van der Waals surface area contributed by atoms with Crippen molar-refractivity contribution in [2.45, 2.75) is 56.3 Å². The predicted octanol–water partition coefficient (Wildman–Crippen LogP) is 0.767. The Morgan fingerprint density at radius 3 is 1.32 bits per heavy atom. The molecule has 0 spiro atoms. The average Bonchev–Trinajstić information content (AvgIpc) is 3.14. The Hall–Kier alpha value is -6.03. The summed E-state index contributed by atoms with van der Waals surface area (Å²) >= 11 is 0. The number of benzene rings is 3. The third kappa shape index (κ3) is 18.2. The molecule has 3 unspecified atom stereocenters. The molecule has 0 bridgehead atoms. The molecule has 15 N–H and O–H groups in total. The molecule has 4 atom stereocenters. The molecule has 3 aromatic carbocycles. The van der Waals surface area contributed by atoms with E-state index in [1.807, 2.05) is 91.0 Å². The maximum atomic E-state index is 13.2. The van der Waals surface area contributed by atoms with Crippen molar-refractivity contribution in [2.24, 2.45) is 27.9 Å². The number of urea groups is 4. The molecule has 0 radical (unpaired) electrons. The second-order valence-electron chi connectivity index (χ2n) is 12.6. The maximum absolute atomic E-state index is 13.2. The van der Waals surface area contributed by atoms with Gasteiger partial charge in [0.2, 0.25) is 0 Å².